The highest BCUT2D eigenvalue weighted by Gasteiger charge is 2.21. The van der Waals surface area contributed by atoms with Crippen LogP contribution in [0.15, 0.2) is 6.20 Å². The Bertz CT molecular complexity index is 396. The number of hydrogen-bond donors (Lipinski definition) is 2. The first kappa shape index (κ1) is 13.0. The second-order valence-electron chi connectivity index (χ2n) is 4.52. The fourth-order valence-electron chi connectivity index (χ4n) is 2.14. The highest BCUT2D eigenvalue weighted by atomic mass is 19.1. The van der Waals surface area contributed by atoms with E-state index in [1.165, 1.54) is 6.20 Å². The van der Waals surface area contributed by atoms with Crippen LogP contribution in [0.4, 0.5) is 16.2 Å². The third-order valence-corrected chi connectivity index (χ3v) is 3.31. The highest BCUT2D eigenvalue weighted by Crippen LogP contribution is 2.22. The Balaban J connectivity index is 2.03. The van der Waals surface area contributed by atoms with Gasteiger partial charge in [-0.2, -0.15) is 4.98 Å². The molecule has 1 aromatic rings. The van der Waals surface area contributed by atoms with Gasteiger partial charge in [-0.15, -0.1) is 0 Å². The molecule has 0 radical (unpaired) electrons. The molecular formula is C12H19FN4O. The zero-order valence-corrected chi connectivity index (χ0v) is 10.7. The Morgan fingerprint density at radius 1 is 1.44 bits per heavy atom. The molecule has 1 atom stereocenters. The SMILES string of the molecule is CNc1ncc(F)c(NC(C)C2CCOCC2)n1. The zero-order chi connectivity index (χ0) is 13.0. The van der Waals surface area contributed by atoms with Gasteiger partial charge in [0, 0.05) is 26.3 Å². The van der Waals surface area contributed by atoms with Crippen LogP contribution in [0.1, 0.15) is 19.8 Å². The lowest BCUT2D eigenvalue weighted by Gasteiger charge is -2.28. The molecule has 1 fully saturated rings. The Labute approximate surface area is 106 Å². The molecule has 1 aliphatic heterocycles. The molecule has 1 aliphatic rings. The summed E-state index contributed by atoms with van der Waals surface area (Å²) in [5, 5.41) is 5.93. The molecule has 1 unspecified atom stereocenters. The van der Waals surface area contributed by atoms with Gasteiger partial charge in [-0.1, -0.05) is 0 Å². The van der Waals surface area contributed by atoms with Crippen LogP contribution in [-0.2, 0) is 4.74 Å². The highest BCUT2D eigenvalue weighted by molar-refractivity contribution is 5.41. The third kappa shape index (κ3) is 3.07. The first-order valence-corrected chi connectivity index (χ1v) is 6.25. The molecule has 0 bridgehead atoms. The number of hydrogen-bond acceptors (Lipinski definition) is 5. The van der Waals surface area contributed by atoms with E-state index >= 15 is 0 Å². The number of aromatic nitrogens is 2. The van der Waals surface area contributed by atoms with Crippen molar-refractivity contribution in [1.29, 1.82) is 0 Å². The van der Waals surface area contributed by atoms with Crippen molar-refractivity contribution in [3.05, 3.63) is 12.0 Å². The summed E-state index contributed by atoms with van der Waals surface area (Å²) in [6, 6.07) is 0.169. The Kier molecular flexibility index (Phi) is 4.30. The van der Waals surface area contributed by atoms with Gasteiger partial charge in [0.15, 0.2) is 11.6 Å². The smallest absolute Gasteiger partial charge is 0.224 e. The molecule has 18 heavy (non-hydrogen) atoms. The summed E-state index contributed by atoms with van der Waals surface area (Å²) in [6.07, 6.45) is 3.18. The lowest BCUT2D eigenvalue weighted by molar-refractivity contribution is 0.0622. The lowest BCUT2D eigenvalue weighted by Crippen LogP contribution is -2.31. The number of ether oxygens (including phenoxy) is 1. The molecule has 0 spiro atoms. The molecule has 2 rings (SSSR count). The Morgan fingerprint density at radius 3 is 2.83 bits per heavy atom. The predicted molar refractivity (Wildman–Crippen MR) is 68.2 cm³/mol. The number of nitrogens with zero attached hydrogens (tertiary/aromatic N) is 2. The fraction of sp³-hybridized carbons (Fsp3) is 0.667. The van der Waals surface area contributed by atoms with Gasteiger partial charge in [-0.05, 0) is 25.7 Å². The fourth-order valence-corrected chi connectivity index (χ4v) is 2.14. The summed E-state index contributed by atoms with van der Waals surface area (Å²) in [6.45, 7) is 3.62. The van der Waals surface area contributed by atoms with Crippen LogP contribution >= 0.6 is 0 Å². The van der Waals surface area contributed by atoms with Crippen LogP contribution in [0, 0.1) is 11.7 Å². The van der Waals surface area contributed by atoms with E-state index in [2.05, 4.69) is 27.5 Å². The van der Waals surface area contributed by atoms with Crippen LogP contribution in [-0.4, -0.2) is 36.3 Å². The molecule has 100 valence electrons. The van der Waals surface area contributed by atoms with Crippen molar-refractivity contribution in [3.63, 3.8) is 0 Å². The van der Waals surface area contributed by atoms with Gasteiger partial charge in [-0.25, -0.2) is 9.37 Å². The lowest BCUT2D eigenvalue weighted by atomic mass is 9.93. The third-order valence-electron chi connectivity index (χ3n) is 3.31. The number of anilines is 2. The monoisotopic (exact) mass is 254 g/mol. The molecule has 6 heteroatoms. The molecule has 1 aromatic heterocycles. The van der Waals surface area contributed by atoms with Gasteiger partial charge in [-0.3, -0.25) is 0 Å². The van der Waals surface area contributed by atoms with E-state index in [-0.39, 0.29) is 11.9 Å². The minimum absolute atomic E-state index is 0.169. The maximum Gasteiger partial charge on any atom is 0.224 e. The van der Waals surface area contributed by atoms with Crippen molar-refractivity contribution in [3.8, 4) is 0 Å². The topological polar surface area (TPSA) is 59.1 Å². The second kappa shape index (κ2) is 5.95. The number of nitrogens with one attached hydrogen (secondary N) is 2. The van der Waals surface area contributed by atoms with Crippen molar-refractivity contribution < 1.29 is 9.13 Å². The van der Waals surface area contributed by atoms with Crippen LogP contribution in [0.25, 0.3) is 0 Å². The quantitative estimate of drug-likeness (QED) is 0.859. The predicted octanol–water partition coefficient (Wildman–Crippen LogP) is 1.88. The van der Waals surface area contributed by atoms with Crippen LogP contribution in [0.3, 0.4) is 0 Å². The van der Waals surface area contributed by atoms with Crippen molar-refractivity contribution in [2.24, 2.45) is 5.92 Å². The Hall–Kier alpha value is -1.43. The van der Waals surface area contributed by atoms with Gasteiger partial charge in [0.05, 0.1) is 6.20 Å². The minimum atomic E-state index is -0.423. The van der Waals surface area contributed by atoms with E-state index in [0.717, 1.165) is 26.1 Å². The zero-order valence-electron chi connectivity index (χ0n) is 10.7. The van der Waals surface area contributed by atoms with E-state index < -0.39 is 5.82 Å². The molecule has 1 saturated heterocycles. The van der Waals surface area contributed by atoms with Crippen molar-refractivity contribution >= 4 is 11.8 Å². The van der Waals surface area contributed by atoms with Crippen LogP contribution < -0.4 is 10.6 Å². The van der Waals surface area contributed by atoms with E-state index in [4.69, 9.17) is 4.74 Å². The first-order chi connectivity index (χ1) is 8.70. The summed E-state index contributed by atoms with van der Waals surface area (Å²) in [5.41, 5.74) is 0. The molecule has 0 amide bonds. The average molecular weight is 254 g/mol. The van der Waals surface area contributed by atoms with Crippen molar-refractivity contribution in [2.45, 2.75) is 25.8 Å². The molecule has 2 N–H and O–H groups in total. The molecule has 0 aromatic carbocycles. The molecule has 2 heterocycles. The molecule has 0 aliphatic carbocycles. The van der Waals surface area contributed by atoms with Gasteiger partial charge in [0.1, 0.15) is 0 Å². The van der Waals surface area contributed by atoms with E-state index in [9.17, 15) is 4.39 Å². The van der Waals surface area contributed by atoms with E-state index in [1.54, 1.807) is 7.05 Å². The minimum Gasteiger partial charge on any atom is -0.381 e. The van der Waals surface area contributed by atoms with Gasteiger partial charge in [0.25, 0.3) is 0 Å². The van der Waals surface area contributed by atoms with Gasteiger partial charge >= 0.3 is 0 Å². The maximum absolute atomic E-state index is 13.6. The van der Waals surface area contributed by atoms with Gasteiger partial charge in [0.2, 0.25) is 5.95 Å². The normalized spacial score (nSPS) is 18.4. The van der Waals surface area contributed by atoms with Crippen LogP contribution in [0.5, 0.6) is 0 Å². The average Bonchev–Trinajstić information content (AvgIpc) is 2.42. The molecule has 0 saturated carbocycles. The summed E-state index contributed by atoms with van der Waals surface area (Å²) < 4.78 is 18.9. The van der Waals surface area contributed by atoms with Crippen molar-refractivity contribution in [1.82, 2.24) is 9.97 Å². The van der Waals surface area contributed by atoms with Gasteiger partial charge < -0.3 is 15.4 Å². The number of halogens is 1. The number of rotatable bonds is 4. The summed E-state index contributed by atoms with van der Waals surface area (Å²) in [4.78, 5) is 7.91. The second-order valence-corrected chi connectivity index (χ2v) is 4.52. The first-order valence-electron chi connectivity index (χ1n) is 6.25. The van der Waals surface area contributed by atoms with E-state index in [0.29, 0.717) is 11.9 Å². The Morgan fingerprint density at radius 2 is 2.17 bits per heavy atom. The summed E-state index contributed by atoms with van der Waals surface area (Å²) >= 11 is 0. The summed E-state index contributed by atoms with van der Waals surface area (Å²) in [7, 11) is 1.71. The molecule has 5 nitrogen and oxygen atoms in total. The molecular weight excluding hydrogens is 235 g/mol. The van der Waals surface area contributed by atoms with Crippen LogP contribution in [0.2, 0.25) is 0 Å². The van der Waals surface area contributed by atoms with E-state index in [1.807, 2.05) is 0 Å². The maximum atomic E-state index is 13.6. The summed E-state index contributed by atoms with van der Waals surface area (Å²) in [5.74, 6) is 0.741. The largest absolute Gasteiger partial charge is 0.381 e. The van der Waals surface area contributed by atoms with Crippen molar-refractivity contribution in [2.75, 3.05) is 30.9 Å². The standard InChI is InChI=1S/C12H19FN4O/c1-8(9-3-5-18-6-4-9)16-11-10(13)7-15-12(14-2)17-11/h7-9H,3-6H2,1-2H3,(H2,14,15,16,17).